The van der Waals surface area contributed by atoms with Gasteiger partial charge in [-0.25, -0.2) is 0 Å². The lowest BCUT2D eigenvalue weighted by atomic mass is 9.69. The predicted octanol–water partition coefficient (Wildman–Crippen LogP) is 0.952. The summed E-state index contributed by atoms with van der Waals surface area (Å²) in [6.45, 7) is 4.08. The van der Waals surface area contributed by atoms with Crippen LogP contribution in [-0.2, 0) is 0 Å². The fourth-order valence-corrected chi connectivity index (χ4v) is 2.71. The Hall–Kier alpha value is -2.09. The highest BCUT2D eigenvalue weighted by atomic mass is 16.2. The Bertz CT molecular complexity index is 672. The molecular formula is C16H14B2O2. The van der Waals surface area contributed by atoms with Gasteiger partial charge in [0.2, 0.25) is 11.6 Å². The Kier molecular flexibility index (Phi) is 3.09. The normalized spacial score (nSPS) is 12.7. The molecule has 0 heterocycles. The zero-order valence-corrected chi connectivity index (χ0v) is 11.7. The Labute approximate surface area is 119 Å². The molecule has 0 bridgehead atoms. The fourth-order valence-electron chi connectivity index (χ4n) is 2.71. The van der Waals surface area contributed by atoms with Gasteiger partial charge in [-0.2, -0.15) is 0 Å². The van der Waals surface area contributed by atoms with E-state index in [0.717, 1.165) is 36.6 Å². The molecule has 0 spiro atoms. The van der Waals surface area contributed by atoms with Crippen molar-refractivity contribution in [1.82, 2.24) is 0 Å². The number of ketones is 2. The summed E-state index contributed by atoms with van der Waals surface area (Å²) in [5.74, 6) is -0.757. The van der Waals surface area contributed by atoms with E-state index in [-0.39, 0.29) is 11.6 Å². The fraction of sp³-hybridized carbons (Fsp3) is 0.125. The summed E-state index contributed by atoms with van der Waals surface area (Å²) in [6, 6.07) is 11.7. The molecule has 3 rings (SSSR count). The molecule has 0 atom stereocenters. The molecule has 0 radical (unpaired) electrons. The van der Waals surface area contributed by atoms with E-state index in [4.69, 9.17) is 0 Å². The largest absolute Gasteiger partial charge is 0.285 e. The first-order valence-corrected chi connectivity index (χ1v) is 7.01. The number of rotatable bonds is 2. The van der Waals surface area contributed by atoms with Gasteiger partial charge >= 0.3 is 0 Å². The molecule has 0 aromatic heterocycles. The summed E-state index contributed by atoms with van der Waals surface area (Å²) in [4.78, 5) is 24.6. The van der Waals surface area contributed by atoms with Crippen LogP contribution >= 0.6 is 0 Å². The summed E-state index contributed by atoms with van der Waals surface area (Å²) in [6.07, 6.45) is 0. The lowest BCUT2D eigenvalue weighted by Gasteiger charge is -2.19. The van der Waals surface area contributed by atoms with Crippen LogP contribution in [0.5, 0.6) is 0 Å². The van der Waals surface area contributed by atoms with Crippen molar-refractivity contribution >= 4 is 37.1 Å². The van der Waals surface area contributed by atoms with Crippen molar-refractivity contribution in [1.29, 1.82) is 0 Å². The zero-order valence-electron chi connectivity index (χ0n) is 11.7. The van der Waals surface area contributed by atoms with E-state index in [2.05, 4.69) is 0 Å². The molecule has 0 amide bonds. The van der Waals surface area contributed by atoms with Crippen molar-refractivity contribution in [3.8, 4) is 11.1 Å². The monoisotopic (exact) mass is 260 g/mol. The molecule has 1 aliphatic rings. The van der Waals surface area contributed by atoms with Crippen LogP contribution in [-0.4, -0.2) is 26.1 Å². The standard InChI is InChI=1S/C16H14B2O2/c1-17-9-3-5-11-12-6-4-10(18-2)8-14(12)16(20)15(19)13(11)7-9/h3-8,17-18H,1-2H3. The van der Waals surface area contributed by atoms with Gasteiger partial charge in [0.25, 0.3) is 0 Å². The van der Waals surface area contributed by atoms with Gasteiger partial charge in [0, 0.05) is 11.1 Å². The Balaban J connectivity index is 2.27. The van der Waals surface area contributed by atoms with E-state index in [1.165, 1.54) is 0 Å². The van der Waals surface area contributed by atoms with E-state index < -0.39 is 0 Å². The van der Waals surface area contributed by atoms with Gasteiger partial charge < -0.3 is 0 Å². The first-order chi connectivity index (χ1) is 9.65. The second kappa shape index (κ2) is 4.78. The molecule has 2 aromatic rings. The van der Waals surface area contributed by atoms with E-state index >= 15 is 0 Å². The number of Topliss-reactive ketones (excluding diaryl/α,β-unsaturated/α-hetero) is 2. The van der Waals surface area contributed by atoms with Crippen molar-refractivity contribution in [2.45, 2.75) is 13.6 Å². The van der Waals surface area contributed by atoms with E-state index in [0.29, 0.717) is 11.1 Å². The van der Waals surface area contributed by atoms with Crippen LogP contribution in [0, 0.1) is 0 Å². The minimum absolute atomic E-state index is 0.379. The molecule has 0 saturated heterocycles. The molecule has 0 unspecified atom stereocenters. The third-order valence-corrected chi connectivity index (χ3v) is 3.97. The minimum atomic E-state index is -0.379. The van der Waals surface area contributed by atoms with Gasteiger partial charge in [0.05, 0.1) is 0 Å². The zero-order chi connectivity index (χ0) is 14.3. The summed E-state index contributed by atoms with van der Waals surface area (Å²) < 4.78 is 0. The Morgan fingerprint density at radius 2 is 1.05 bits per heavy atom. The number of hydrogen-bond donors (Lipinski definition) is 0. The van der Waals surface area contributed by atoms with Crippen LogP contribution in [0.1, 0.15) is 20.7 Å². The number of hydrogen-bond acceptors (Lipinski definition) is 2. The van der Waals surface area contributed by atoms with Crippen molar-refractivity contribution in [2.75, 3.05) is 0 Å². The van der Waals surface area contributed by atoms with Crippen LogP contribution in [0.2, 0.25) is 13.6 Å². The lowest BCUT2D eigenvalue weighted by Crippen LogP contribution is -2.26. The summed E-state index contributed by atoms with van der Waals surface area (Å²) >= 11 is 0. The summed E-state index contributed by atoms with van der Waals surface area (Å²) in [5.41, 5.74) is 5.02. The highest BCUT2D eigenvalue weighted by Crippen LogP contribution is 2.32. The maximum Gasteiger partial charge on any atom is 0.234 e. The average molecular weight is 260 g/mol. The third kappa shape index (κ3) is 1.83. The molecule has 0 aliphatic heterocycles. The van der Waals surface area contributed by atoms with E-state index in [1.54, 1.807) is 0 Å². The first kappa shape index (κ1) is 12.9. The van der Waals surface area contributed by atoms with Crippen LogP contribution in [0.15, 0.2) is 36.4 Å². The minimum Gasteiger partial charge on any atom is -0.285 e. The van der Waals surface area contributed by atoms with E-state index in [9.17, 15) is 9.59 Å². The van der Waals surface area contributed by atoms with Gasteiger partial charge in [-0.3, -0.25) is 9.59 Å². The van der Waals surface area contributed by atoms with Crippen molar-refractivity contribution < 1.29 is 9.59 Å². The van der Waals surface area contributed by atoms with Gasteiger partial charge in [-0.05, 0) is 11.1 Å². The Morgan fingerprint density at radius 3 is 1.40 bits per heavy atom. The van der Waals surface area contributed by atoms with Crippen molar-refractivity contribution in [3.05, 3.63) is 47.5 Å². The molecular weight excluding hydrogens is 246 g/mol. The topological polar surface area (TPSA) is 34.1 Å². The van der Waals surface area contributed by atoms with Gasteiger partial charge in [0.15, 0.2) is 14.6 Å². The number of benzene rings is 2. The molecule has 2 aromatic carbocycles. The molecule has 0 N–H and O–H groups in total. The van der Waals surface area contributed by atoms with Crippen molar-refractivity contribution in [2.24, 2.45) is 0 Å². The molecule has 4 heteroatoms. The lowest BCUT2D eigenvalue weighted by molar-refractivity contribution is 0.0815. The number of carbonyl (C=O) groups is 2. The van der Waals surface area contributed by atoms with Gasteiger partial charge in [0.1, 0.15) is 0 Å². The Morgan fingerprint density at radius 1 is 0.650 bits per heavy atom. The first-order valence-electron chi connectivity index (χ1n) is 7.01. The summed E-state index contributed by atoms with van der Waals surface area (Å²) in [5, 5.41) is 0. The maximum atomic E-state index is 12.3. The molecule has 0 fully saturated rings. The molecule has 1 aliphatic carbocycles. The highest BCUT2D eigenvalue weighted by Gasteiger charge is 2.30. The summed E-state index contributed by atoms with van der Waals surface area (Å²) in [7, 11) is 1.72. The second-order valence-corrected chi connectivity index (χ2v) is 5.13. The number of fused-ring (bicyclic) bond motifs is 3. The van der Waals surface area contributed by atoms with Gasteiger partial charge in [-0.1, -0.05) is 61.0 Å². The van der Waals surface area contributed by atoms with Crippen LogP contribution in [0.3, 0.4) is 0 Å². The SMILES string of the molecule is CBc1ccc2c(c1)C(=O)C(=O)c1cc(BC)ccc1-2. The molecule has 0 saturated carbocycles. The van der Waals surface area contributed by atoms with Gasteiger partial charge in [-0.15, -0.1) is 0 Å². The predicted molar refractivity (Wildman–Crippen MR) is 85.8 cm³/mol. The molecule has 96 valence electrons. The second-order valence-electron chi connectivity index (χ2n) is 5.13. The number of carbonyl (C=O) groups excluding carboxylic acids is 2. The molecule has 20 heavy (non-hydrogen) atoms. The van der Waals surface area contributed by atoms with E-state index in [1.807, 2.05) is 50.0 Å². The quantitative estimate of drug-likeness (QED) is 0.595. The molecule has 2 nitrogen and oxygen atoms in total. The van der Waals surface area contributed by atoms with Crippen LogP contribution in [0.4, 0.5) is 0 Å². The van der Waals surface area contributed by atoms with Crippen molar-refractivity contribution in [3.63, 3.8) is 0 Å². The third-order valence-electron chi connectivity index (χ3n) is 3.97. The van der Waals surface area contributed by atoms with Crippen LogP contribution < -0.4 is 10.9 Å². The van der Waals surface area contributed by atoms with Crippen LogP contribution in [0.25, 0.3) is 11.1 Å². The smallest absolute Gasteiger partial charge is 0.234 e. The average Bonchev–Trinajstić information content (AvgIpc) is 2.51. The highest BCUT2D eigenvalue weighted by molar-refractivity contribution is 6.57. The maximum absolute atomic E-state index is 12.3.